The molecule has 2 rings (SSSR count). The molecule has 4 nitrogen and oxygen atoms in total. The lowest BCUT2D eigenvalue weighted by Gasteiger charge is -2.07. The van der Waals surface area contributed by atoms with E-state index in [9.17, 15) is 9.59 Å². The van der Waals surface area contributed by atoms with E-state index in [2.05, 4.69) is 10.9 Å². The van der Waals surface area contributed by atoms with E-state index in [0.29, 0.717) is 17.0 Å². The van der Waals surface area contributed by atoms with Crippen LogP contribution in [-0.4, -0.2) is 11.8 Å². The summed E-state index contributed by atoms with van der Waals surface area (Å²) in [5.41, 5.74) is 6.25. The molecule has 2 aromatic rings. The van der Waals surface area contributed by atoms with Gasteiger partial charge >= 0.3 is 0 Å². The van der Waals surface area contributed by atoms with E-state index in [-0.39, 0.29) is 18.2 Å². The predicted octanol–water partition coefficient (Wildman–Crippen LogP) is 2.73. The van der Waals surface area contributed by atoms with Gasteiger partial charge in [0.15, 0.2) is 0 Å². The topological polar surface area (TPSA) is 58.2 Å². The van der Waals surface area contributed by atoms with E-state index in [1.807, 2.05) is 24.3 Å². The summed E-state index contributed by atoms with van der Waals surface area (Å²) >= 11 is 5.87. The summed E-state index contributed by atoms with van der Waals surface area (Å²) in [6.45, 7) is 0. The maximum Gasteiger partial charge on any atom is 0.269 e. The number of halogens is 1. The number of amides is 2. The molecule has 0 radical (unpaired) electrons. The monoisotopic (exact) mass is 302 g/mol. The van der Waals surface area contributed by atoms with Crippen molar-refractivity contribution in [2.45, 2.75) is 12.8 Å². The van der Waals surface area contributed by atoms with Crippen molar-refractivity contribution in [3.05, 3.63) is 70.7 Å². The molecule has 2 aromatic carbocycles. The number of hydrogen-bond donors (Lipinski definition) is 2. The summed E-state index contributed by atoms with van der Waals surface area (Å²) in [7, 11) is 0. The van der Waals surface area contributed by atoms with E-state index in [1.54, 1.807) is 30.3 Å². The summed E-state index contributed by atoms with van der Waals surface area (Å²) in [4.78, 5) is 23.4. The number of rotatable bonds is 4. The quantitative estimate of drug-likeness (QED) is 0.853. The summed E-state index contributed by atoms with van der Waals surface area (Å²) in [5.74, 6) is -0.592. The van der Waals surface area contributed by atoms with E-state index in [0.717, 1.165) is 5.56 Å². The molecule has 0 saturated carbocycles. The normalized spacial score (nSPS) is 9.95. The van der Waals surface area contributed by atoms with Gasteiger partial charge in [-0.05, 0) is 36.2 Å². The molecule has 0 bridgehead atoms. The Hall–Kier alpha value is -2.33. The first-order chi connectivity index (χ1) is 10.1. The largest absolute Gasteiger partial charge is 0.273 e. The van der Waals surface area contributed by atoms with Gasteiger partial charge in [0.25, 0.3) is 5.91 Å². The Morgan fingerprint density at radius 3 is 2.43 bits per heavy atom. The number of carbonyl (C=O) groups excluding carboxylic acids is 2. The summed E-state index contributed by atoms with van der Waals surface area (Å²) in [5, 5.41) is 0.644. The smallest absolute Gasteiger partial charge is 0.269 e. The fraction of sp³-hybridized carbons (Fsp3) is 0.125. The highest BCUT2D eigenvalue weighted by molar-refractivity contribution is 6.30. The van der Waals surface area contributed by atoms with Crippen LogP contribution in [0.15, 0.2) is 54.6 Å². The minimum absolute atomic E-state index is 0.251. The number of carbonyl (C=O) groups is 2. The molecule has 0 fully saturated rings. The third kappa shape index (κ3) is 4.93. The SMILES string of the molecule is O=C(CCc1cccc(Cl)c1)NNC(=O)c1ccccc1. The average molecular weight is 303 g/mol. The Morgan fingerprint density at radius 1 is 0.952 bits per heavy atom. The molecule has 0 spiro atoms. The van der Waals surface area contributed by atoms with Crippen molar-refractivity contribution < 1.29 is 9.59 Å². The molecule has 0 heterocycles. The van der Waals surface area contributed by atoms with Gasteiger partial charge in [0, 0.05) is 17.0 Å². The molecule has 0 unspecified atom stereocenters. The van der Waals surface area contributed by atoms with Gasteiger partial charge in [-0.2, -0.15) is 0 Å². The van der Waals surface area contributed by atoms with Gasteiger partial charge in [0.1, 0.15) is 0 Å². The zero-order valence-electron chi connectivity index (χ0n) is 11.3. The van der Waals surface area contributed by atoms with Gasteiger partial charge in [-0.3, -0.25) is 20.4 Å². The predicted molar refractivity (Wildman–Crippen MR) is 81.8 cm³/mol. The summed E-state index contributed by atoms with van der Waals surface area (Å²) in [6.07, 6.45) is 0.836. The second-order valence-corrected chi connectivity index (χ2v) is 4.93. The van der Waals surface area contributed by atoms with Crippen molar-refractivity contribution in [2.24, 2.45) is 0 Å². The van der Waals surface area contributed by atoms with Crippen molar-refractivity contribution in [3.8, 4) is 0 Å². The second kappa shape index (κ2) is 7.45. The minimum Gasteiger partial charge on any atom is -0.273 e. The molecular formula is C16H15ClN2O2. The van der Waals surface area contributed by atoms with Crippen LogP contribution in [0.3, 0.4) is 0 Å². The average Bonchev–Trinajstić information content (AvgIpc) is 2.51. The molecule has 2 N–H and O–H groups in total. The van der Waals surface area contributed by atoms with Crippen LogP contribution in [0.2, 0.25) is 5.02 Å². The molecule has 0 aliphatic rings. The third-order valence-electron chi connectivity index (χ3n) is 2.88. The van der Waals surface area contributed by atoms with Gasteiger partial charge in [-0.15, -0.1) is 0 Å². The van der Waals surface area contributed by atoms with E-state index in [4.69, 9.17) is 11.6 Å². The van der Waals surface area contributed by atoms with E-state index < -0.39 is 0 Å². The Bertz CT molecular complexity index is 629. The molecule has 0 saturated heterocycles. The standard InChI is InChI=1S/C16H15ClN2O2/c17-14-8-4-5-12(11-14)9-10-15(20)18-19-16(21)13-6-2-1-3-7-13/h1-8,11H,9-10H2,(H,18,20)(H,19,21). The highest BCUT2D eigenvalue weighted by Crippen LogP contribution is 2.11. The second-order valence-electron chi connectivity index (χ2n) is 4.50. The van der Waals surface area contributed by atoms with Crippen LogP contribution < -0.4 is 10.9 Å². The number of nitrogens with one attached hydrogen (secondary N) is 2. The van der Waals surface area contributed by atoms with Gasteiger partial charge in [0.05, 0.1) is 0 Å². The fourth-order valence-corrected chi connectivity index (χ4v) is 2.01. The van der Waals surface area contributed by atoms with Crippen molar-refractivity contribution in [3.63, 3.8) is 0 Å². The van der Waals surface area contributed by atoms with Gasteiger partial charge in [-0.1, -0.05) is 41.9 Å². The first-order valence-electron chi connectivity index (χ1n) is 6.54. The molecule has 0 aliphatic heterocycles. The molecule has 0 aliphatic carbocycles. The van der Waals surface area contributed by atoms with Gasteiger partial charge in [0.2, 0.25) is 5.91 Å². The van der Waals surface area contributed by atoms with Crippen LogP contribution >= 0.6 is 11.6 Å². The Balaban J connectivity index is 1.76. The van der Waals surface area contributed by atoms with E-state index in [1.165, 1.54) is 0 Å². The van der Waals surface area contributed by atoms with Crippen LogP contribution in [0.1, 0.15) is 22.3 Å². The molecule has 2 amide bonds. The Morgan fingerprint density at radius 2 is 1.71 bits per heavy atom. The first kappa shape index (κ1) is 15.1. The fourth-order valence-electron chi connectivity index (χ4n) is 1.80. The minimum atomic E-state index is -0.341. The molecule has 5 heteroatoms. The highest BCUT2D eigenvalue weighted by Gasteiger charge is 2.06. The van der Waals surface area contributed by atoms with Crippen molar-refractivity contribution in [1.82, 2.24) is 10.9 Å². The maximum absolute atomic E-state index is 11.7. The summed E-state index contributed by atoms with van der Waals surface area (Å²) < 4.78 is 0. The van der Waals surface area contributed by atoms with Crippen LogP contribution in [0, 0.1) is 0 Å². The molecule has 108 valence electrons. The van der Waals surface area contributed by atoms with Crippen LogP contribution in [0.5, 0.6) is 0 Å². The third-order valence-corrected chi connectivity index (χ3v) is 3.12. The van der Waals surface area contributed by atoms with Crippen molar-refractivity contribution in [2.75, 3.05) is 0 Å². The lowest BCUT2D eigenvalue weighted by molar-refractivity contribution is -0.121. The number of aryl methyl sites for hydroxylation is 1. The molecule has 0 atom stereocenters. The van der Waals surface area contributed by atoms with E-state index >= 15 is 0 Å². The van der Waals surface area contributed by atoms with Crippen LogP contribution in [0.25, 0.3) is 0 Å². The number of hydrazine groups is 1. The zero-order valence-corrected chi connectivity index (χ0v) is 12.1. The maximum atomic E-state index is 11.7. The van der Waals surface area contributed by atoms with Crippen LogP contribution in [-0.2, 0) is 11.2 Å². The highest BCUT2D eigenvalue weighted by atomic mass is 35.5. The lowest BCUT2D eigenvalue weighted by atomic mass is 10.1. The number of hydrogen-bond acceptors (Lipinski definition) is 2. The number of benzene rings is 2. The molecule has 21 heavy (non-hydrogen) atoms. The first-order valence-corrected chi connectivity index (χ1v) is 6.91. The Kier molecular flexibility index (Phi) is 5.35. The van der Waals surface area contributed by atoms with Gasteiger partial charge in [-0.25, -0.2) is 0 Å². The van der Waals surface area contributed by atoms with Crippen molar-refractivity contribution in [1.29, 1.82) is 0 Å². The molecule has 0 aromatic heterocycles. The summed E-state index contributed by atoms with van der Waals surface area (Å²) in [6, 6.07) is 16.0. The van der Waals surface area contributed by atoms with Crippen molar-refractivity contribution >= 4 is 23.4 Å². The zero-order chi connectivity index (χ0) is 15.1. The van der Waals surface area contributed by atoms with Gasteiger partial charge < -0.3 is 0 Å². The van der Waals surface area contributed by atoms with Crippen LogP contribution in [0.4, 0.5) is 0 Å². The lowest BCUT2D eigenvalue weighted by Crippen LogP contribution is -2.41. The Labute approximate surface area is 128 Å². The molecular weight excluding hydrogens is 288 g/mol.